The van der Waals surface area contributed by atoms with Crippen LogP contribution in [0.1, 0.15) is 30.7 Å². The molecule has 2 heterocycles. The molecule has 19 heavy (non-hydrogen) atoms. The highest BCUT2D eigenvalue weighted by Crippen LogP contribution is 2.19. The van der Waals surface area contributed by atoms with Crippen LogP contribution in [0, 0.1) is 6.92 Å². The lowest BCUT2D eigenvalue weighted by molar-refractivity contribution is 0.353. The zero-order chi connectivity index (χ0) is 14.0. The van der Waals surface area contributed by atoms with Crippen LogP contribution in [-0.4, -0.2) is 14.7 Å². The number of hydrogen-bond donors (Lipinski definition) is 2. The van der Waals surface area contributed by atoms with E-state index >= 15 is 0 Å². The first-order valence-electron chi connectivity index (χ1n) is 6.07. The number of nitrogens with one attached hydrogen (secondary N) is 1. The van der Waals surface area contributed by atoms with Crippen LogP contribution in [-0.2, 0) is 6.42 Å². The molecule has 0 aliphatic heterocycles. The lowest BCUT2D eigenvalue weighted by Gasteiger charge is -2.16. The zero-order valence-electron chi connectivity index (χ0n) is 10.8. The molecular weight excluding hydrogens is 248 g/mol. The molecule has 6 heteroatoms. The molecule has 102 valence electrons. The van der Waals surface area contributed by atoms with Gasteiger partial charge in [0.15, 0.2) is 0 Å². The number of hydrogen-bond acceptors (Lipinski definition) is 4. The summed E-state index contributed by atoms with van der Waals surface area (Å²) in [6.07, 6.45) is 2.86. The van der Waals surface area contributed by atoms with Crippen molar-refractivity contribution in [2.24, 2.45) is 0 Å². The summed E-state index contributed by atoms with van der Waals surface area (Å²) in [5, 5.41) is 9.91. The van der Waals surface area contributed by atoms with E-state index in [1.807, 2.05) is 13.0 Å². The summed E-state index contributed by atoms with van der Waals surface area (Å²) in [5.41, 5.74) is -1.01. The normalized spacial score (nSPS) is 12.5. The maximum absolute atomic E-state index is 11.7. The molecule has 0 fully saturated rings. The summed E-state index contributed by atoms with van der Waals surface area (Å²) < 4.78 is 6.41. The summed E-state index contributed by atoms with van der Waals surface area (Å²) in [4.78, 5) is 25.3. The SMILES string of the molecule is Cc1c(O)n(C(C)CCc2ccco2)c(=O)[nH]c1=O. The van der Waals surface area contributed by atoms with E-state index in [0.717, 1.165) is 5.76 Å². The van der Waals surface area contributed by atoms with Crippen LogP contribution in [0.15, 0.2) is 32.4 Å². The summed E-state index contributed by atoms with van der Waals surface area (Å²) in [6, 6.07) is 3.41. The van der Waals surface area contributed by atoms with Gasteiger partial charge in [-0.05, 0) is 32.4 Å². The molecule has 0 radical (unpaired) electrons. The van der Waals surface area contributed by atoms with Gasteiger partial charge in [-0.3, -0.25) is 14.3 Å². The number of aromatic amines is 1. The molecule has 0 bridgehead atoms. The number of aromatic nitrogens is 2. The van der Waals surface area contributed by atoms with Crippen molar-refractivity contribution in [3.05, 3.63) is 50.6 Å². The highest BCUT2D eigenvalue weighted by Gasteiger charge is 2.15. The van der Waals surface area contributed by atoms with Crippen LogP contribution in [0.25, 0.3) is 0 Å². The number of furan rings is 1. The Morgan fingerprint density at radius 1 is 1.47 bits per heavy atom. The lowest BCUT2D eigenvalue weighted by atomic mass is 10.1. The van der Waals surface area contributed by atoms with Gasteiger partial charge in [0.25, 0.3) is 5.56 Å². The van der Waals surface area contributed by atoms with Crippen molar-refractivity contribution in [2.75, 3.05) is 0 Å². The van der Waals surface area contributed by atoms with Crippen molar-refractivity contribution < 1.29 is 9.52 Å². The molecule has 0 saturated heterocycles. The molecule has 0 aromatic carbocycles. The number of H-pyrrole nitrogens is 1. The first-order chi connectivity index (χ1) is 9.00. The predicted molar refractivity (Wildman–Crippen MR) is 69.5 cm³/mol. The fourth-order valence-electron chi connectivity index (χ4n) is 1.97. The molecule has 0 amide bonds. The molecule has 1 unspecified atom stereocenters. The van der Waals surface area contributed by atoms with E-state index in [1.165, 1.54) is 11.5 Å². The molecule has 2 rings (SSSR count). The maximum Gasteiger partial charge on any atom is 0.331 e. The Balaban J connectivity index is 2.24. The summed E-state index contributed by atoms with van der Waals surface area (Å²) in [5.74, 6) is 0.543. The standard InChI is InChI=1S/C13H16N2O4/c1-8(5-6-10-4-3-7-19-10)15-12(17)9(2)11(16)14-13(15)18/h3-4,7-8,17H,5-6H2,1-2H3,(H,14,16,18). The highest BCUT2D eigenvalue weighted by molar-refractivity contribution is 5.21. The second kappa shape index (κ2) is 5.17. The summed E-state index contributed by atoms with van der Waals surface area (Å²) in [7, 11) is 0. The van der Waals surface area contributed by atoms with Crippen molar-refractivity contribution in [1.29, 1.82) is 0 Å². The molecule has 0 spiro atoms. The number of aromatic hydroxyl groups is 1. The van der Waals surface area contributed by atoms with Gasteiger partial charge in [0.1, 0.15) is 5.76 Å². The summed E-state index contributed by atoms with van der Waals surface area (Å²) >= 11 is 0. The second-order valence-electron chi connectivity index (χ2n) is 4.54. The van der Waals surface area contributed by atoms with Crippen LogP contribution in [0.3, 0.4) is 0 Å². The first-order valence-corrected chi connectivity index (χ1v) is 6.07. The van der Waals surface area contributed by atoms with E-state index in [2.05, 4.69) is 4.98 Å². The molecule has 1 atom stereocenters. The van der Waals surface area contributed by atoms with Gasteiger partial charge in [-0.1, -0.05) is 0 Å². The average Bonchev–Trinajstić information content (AvgIpc) is 2.86. The lowest BCUT2D eigenvalue weighted by Crippen LogP contribution is -2.33. The van der Waals surface area contributed by atoms with Crippen LogP contribution < -0.4 is 11.2 Å². The van der Waals surface area contributed by atoms with Gasteiger partial charge in [0.05, 0.1) is 11.8 Å². The Hall–Kier alpha value is -2.24. The molecule has 2 N–H and O–H groups in total. The summed E-state index contributed by atoms with van der Waals surface area (Å²) in [6.45, 7) is 3.28. The zero-order valence-corrected chi connectivity index (χ0v) is 10.8. The monoisotopic (exact) mass is 264 g/mol. The number of rotatable bonds is 4. The third kappa shape index (κ3) is 2.62. The maximum atomic E-state index is 11.7. The van der Waals surface area contributed by atoms with Crippen LogP contribution in [0.5, 0.6) is 5.88 Å². The van der Waals surface area contributed by atoms with Gasteiger partial charge in [-0.15, -0.1) is 0 Å². The van der Waals surface area contributed by atoms with Gasteiger partial charge >= 0.3 is 5.69 Å². The smallest absolute Gasteiger partial charge is 0.331 e. The third-order valence-electron chi connectivity index (χ3n) is 3.17. The van der Waals surface area contributed by atoms with E-state index in [0.29, 0.717) is 12.8 Å². The van der Waals surface area contributed by atoms with E-state index in [1.54, 1.807) is 12.3 Å². The molecular formula is C13H16N2O4. The average molecular weight is 264 g/mol. The second-order valence-corrected chi connectivity index (χ2v) is 4.54. The van der Waals surface area contributed by atoms with Gasteiger partial charge in [0.2, 0.25) is 5.88 Å². The van der Waals surface area contributed by atoms with Gasteiger partial charge in [-0.2, -0.15) is 0 Å². The number of nitrogens with zero attached hydrogens (tertiary/aromatic N) is 1. The molecule has 0 saturated carbocycles. The van der Waals surface area contributed by atoms with E-state index in [-0.39, 0.29) is 17.5 Å². The van der Waals surface area contributed by atoms with Crippen molar-refractivity contribution in [2.45, 2.75) is 32.7 Å². The minimum atomic E-state index is -0.597. The minimum Gasteiger partial charge on any atom is -0.494 e. The Bertz CT molecular complexity index is 667. The Kier molecular flexibility index (Phi) is 3.59. The molecule has 0 aliphatic rings. The van der Waals surface area contributed by atoms with Crippen LogP contribution in [0.4, 0.5) is 0 Å². The molecule has 2 aromatic heterocycles. The third-order valence-corrected chi connectivity index (χ3v) is 3.17. The largest absolute Gasteiger partial charge is 0.494 e. The van der Waals surface area contributed by atoms with Crippen molar-refractivity contribution >= 4 is 0 Å². The predicted octanol–water partition coefficient (Wildman–Crippen LogP) is 1.34. The van der Waals surface area contributed by atoms with Crippen molar-refractivity contribution in [3.63, 3.8) is 0 Å². The fraction of sp³-hybridized carbons (Fsp3) is 0.385. The Labute approximate surface area is 109 Å². The quantitative estimate of drug-likeness (QED) is 0.872. The molecule has 0 aliphatic carbocycles. The Morgan fingerprint density at radius 2 is 2.21 bits per heavy atom. The Morgan fingerprint density at radius 3 is 2.84 bits per heavy atom. The van der Waals surface area contributed by atoms with Crippen LogP contribution in [0.2, 0.25) is 0 Å². The van der Waals surface area contributed by atoms with Crippen LogP contribution >= 0.6 is 0 Å². The molecule has 6 nitrogen and oxygen atoms in total. The van der Waals surface area contributed by atoms with E-state index < -0.39 is 11.2 Å². The fourth-order valence-corrected chi connectivity index (χ4v) is 1.97. The van der Waals surface area contributed by atoms with Gasteiger partial charge < -0.3 is 9.52 Å². The van der Waals surface area contributed by atoms with Crippen molar-refractivity contribution in [3.8, 4) is 5.88 Å². The van der Waals surface area contributed by atoms with Gasteiger partial charge in [0, 0.05) is 12.5 Å². The highest BCUT2D eigenvalue weighted by atomic mass is 16.3. The number of aryl methyl sites for hydroxylation is 1. The van der Waals surface area contributed by atoms with E-state index in [9.17, 15) is 14.7 Å². The van der Waals surface area contributed by atoms with Crippen molar-refractivity contribution in [1.82, 2.24) is 9.55 Å². The molecule has 2 aromatic rings. The topological polar surface area (TPSA) is 88.2 Å². The van der Waals surface area contributed by atoms with Gasteiger partial charge in [-0.25, -0.2) is 4.79 Å². The minimum absolute atomic E-state index is 0.143. The first kappa shape index (κ1) is 13.2. The van der Waals surface area contributed by atoms with E-state index in [4.69, 9.17) is 4.42 Å².